The largest absolute Gasteiger partial charge is 0.506 e. The van der Waals surface area contributed by atoms with Gasteiger partial charge in [0.2, 0.25) is 17.6 Å². The van der Waals surface area contributed by atoms with Crippen LogP contribution in [0.3, 0.4) is 0 Å². The lowest BCUT2D eigenvalue weighted by Crippen LogP contribution is -2.31. The second-order valence-corrected chi connectivity index (χ2v) is 6.37. The average molecular weight is 380 g/mol. The number of rotatable bonds is 5. The van der Waals surface area contributed by atoms with Crippen molar-refractivity contribution < 1.29 is 24.3 Å². The van der Waals surface area contributed by atoms with Crippen LogP contribution in [0, 0.1) is 0 Å². The van der Waals surface area contributed by atoms with Crippen molar-refractivity contribution in [3.8, 4) is 17.3 Å². The van der Waals surface area contributed by atoms with Crippen molar-refractivity contribution in [2.75, 3.05) is 11.4 Å². The molecule has 28 heavy (non-hydrogen) atoms. The number of hydrogen-bond acceptors (Lipinski definition) is 7. The van der Waals surface area contributed by atoms with Gasteiger partial charge in [-0.3, -0.25) is 9.59 Å². The molecule has 0 saturated heterocycles. The summed E-state index contributed by atoms with van der Waals surface area (Å²) in [7, 11) is 0. The number of pyridine rings is 1. The van der Waals surface area contributed by atoms with E-state index in [4.69, 9.17) is 4.52 Å². The molecular weight excluding hydrogens is 364 g/mol. The number of benzene rings is 1. The van der Waals surface area contributed by atoms with Gasteiger partial charge in [0, 0.05) is 25.1 Å². The van der Waals surface area contributed by atoms with Gasteiger partial charge in [-0.15, -0.1) is 0 Å². The summed E-state index contributed by atoms with van der Waals surface area (Å²) < 4.78 is 5.16. The van der Waals surface area contributed by atoms with Gasteiger partial charge in [0.25, 0.3) is 0 Å². The van der Waals surface area contributed by atoms with Crippen LogP contribution in [-0.4, -0.2) is 43.8 Å². The maximum Gasteiger partial charge on any atom is 0.312 e. The molecule has 0 aliphatic carbocycles. The average Bonchev–Trinajstić information content (AvgIpc) is 3.32. The molecule has 1 aliphatic rings. The molecule has 142 valence electrons. The standard InChI is InChI=1S/C19H16N4O5/c24-11-5-6-14(20-9-11)18-21-16(28-22-18)7-8-17(25)23-10-13(19(26)27)12-3-1-2-4-15(12)23/h1-6,9,13,24H,7-8,10H2,(H,26,27). The third-order valence-electron chi connectivity index (χ3n) is 4.57. The van der Waals surface area contributed by atoms with E-state index in [1.807, 2.05) is 0 Å². The number of aryl methyl sites for hydroxylation is 1. The number of carboxylic acid groups (broad SMARTS) is 1. The van der Waals surface area contributed by atoms with E-state index in [9.17, 15) is 19.8 Å². The number of fused-ring (bicyclic) bond motifs is 1. The van der Waals surface area contributed by atoms with Crippen LogP contribution in [0.2, 0.25) is 0 Å². The number of para-hydroxylation sites is 1. The van der Waals surface area contributed by atoms with Gasteiger partial charge in [0.05, 0.1) is 6.20 Å². The third-order valence-corrected chi connectivity index (χ3v) is 4.57. The van der Waals surface area contributed by atoms with Crippen LogP contribution in [0.4, 0.5) is 5.69 Å². The minimum Gasteiger partial charge on any atom is -0.506 e. The zero-order chi connectivity index (χ0) is 19.7. The van der Waals surface area contributed by atoms with Gasteiger partial charge in [0.1, 0.15) is 17.4 Å². The van der Waals surface area contributed by atoms with Crippen molar-refractivity contribution in [3.05, 3.63) is 54.0 Å². The molecular formula is C19H16N4O5. The minimum absolute atomic E-state index is 0.0311. The molecule has 1 unspecified atom stereocenters. The van der Waals surface area contributed by atoms with Crippen molar-refractivity contribution in [3.63, 3.8) is 0 Å². The Morgan fingerprint density at radius 1 is 1.21 bits per heavy atom. The van der Waals surface area contributed by atoms with Crippen LogP contribution in [0.15, 0.2) is 47.1 Å². The Labute approximate surface area is 159 Å². The molecule has 2 aromatic heterocycles. The van der Waals surface area contributed by atoms with E-state index in [1.54, 1.807) is 30.3 Å². The van der Waals surface area contributed by atoms with E-state index in [-0.39, 0.29) is 42.8 Å². The minimum atomic E-state index is -0.953. The highest BCUT2D eigenvalue weighted by Crippen LogP contribution is 2.36. The Kier molecular flexibility index (Phi) is 4.48. The summed E-state index contributed by atoms with van der Waals surface area (Å²) in [6.07, 6.45) is 1.60. The number of aliphatic carboxylic acids is 1. The first-order valence-corrected chi connectivity index (χ1v) is 8.63. The maximum absolute atomic E-state index is 12.7. The highest BCUT2D eigenvalue weighted by molar-refractivity contribution is 5.99. The number of anilines is 1. The molecule has 9 nitrogen and oxygen atoms in total. The molecule has 1 amide bonds. The van der Waals surface area contributed by atoms with Crippen molar-refractivity contribution in [2.45, 2.75) is 18.8 Å². The number of aromatic hydroxyl groups is 1. The summed E-state index contributed by atoms with van der Waals surface area (Å²) in [5, 5.41) is 22.5. The molecule has 3 heterocycles. The molecule has 0 radical (unpaired) electrons. The van der Waals surface area contributed by atoms with E-state index < -0.39 is 11.9 Å². The quantitative estimate of drug-likeness (QED) is 0.687. The van der Waals surface area contributed by atoms with Crippen molar-refractivity contribution in [2.24, 2.45) is 0 Å². The zero-order valence-corrected chi connectivity index (χ0v) is 14.6. The highest BCUT2D eigenvalue weighted by Gasteiger charge is 2.36. The first-order valence-electron chi connectivity index (χ1n) is 8.63. The fraction of sp³-hybridized carbons (Fsp3) is 0.211. The van der Waals surface area contributed by atoms with Crippen LogP contribution in [0.5, 0.6) is 5.75 Å². The third kappa shape index (κ3) is 3.29. The monoisotopic (exact) mass is 380 g/mol. The van der Waals surface area contributed by atoms with Crippen LogP contribution in [0.1, 0.15) is 23.8 Å². The number of nitrogens with zero attached hydrogens (tertiary/aromatic N) is 4. The van der Waals surface area contributed by atoms with E-state index >= 15 is 0 Å². The Bertz CT molecular complexity index is 1030. The smallest absolute Gasteiger partial charge is 0.312 e. The number of aromatic nitrogens is 3. The number of carbonyl (C=O) groups is 2. The number of carboxylic acids is 1. The topological polar surface area (TPSA) is 130 Å². The SMILES string of the molecule is O=C(O)C1CN(C(=O)CCc2nc(-c3ccc(O)cn3)no2)c2ccccc21. The van der Waals surface area contributed by atoms with Crippen molar-refractivity contribution in [1.29, 1.82) is 0 Å². The van der Waals surface area contributed by atoms with Gasteiger partial charge in [0.15, 0.2) is 0 Å². The summed E-state index contributed by atoms with van der Waals surface area (Å²) in [5.41, 5.74) is 1.71. The fourth-order valence-corrected chi connectivity index (χ4v) is 3.18. The molecule has 9 heteroatoms. The predicted molar refractivity (Wildman–Crippen MR) is 96.7 cm³/mol. The number of hydrogen-bond donors (Lipinski definition) is 2. The maximum atomic E-state index is 12.7. The Hall–Kier alpha value is -3.75. The van der Waals surface area contributed by atoms with Gasteiger partial charge in [-0.2, -0.15) is 4.98 Å². The van der Waals surface area contributed by atoms with Crippen LogP contribution in [0.25, 0.3) is 11.5 Å². The van der Waals surface area contributed by atoms with E-state index in [0.717, 1.165) is 0 Å². The summed E-state index contributed by atoms with van der Waals surface area (Å²) in [5.74, 6) is -1.32. The summed E-state index contributed by atoms with van der Waals surface area (Å²) in [6.45, 7) is 0.111. The molecule has 1 aliphatic heterocycles. The summed E-state index contributed by atoms with van der Waals surface area (Å²) in [4.78, 5) is 33.9. The summed E-state index contributed by atoms with van der Waals surface area (Å²) in [6, 6.07) is 10.0. The van der Waals surface area contributed by atoms with Gasteiger partial charge in [-0.1, -0.05) is 23.4 Å². The van der Waals surface area contributed by atoms with Crippen LogP contribution in [-0.2, 0) is 16.0 Å². The van der Waals surface area contributed by atoms with Crippen LogP contribution < -0.4 is 4.90 Å². The molecule has 4 rings (SSSR count). The van der Waals surface area contributed by atoms with E-state index in [2.05, 4.69) is 15.1 Å². The lowest BCUT2D eigenvalue weighted by Gasteiger charge is -2.16. The van der Waals surface area contributed by atoms with Gasteiger partial charge < -0.3 is 19.6 Å². The Morgan fingerprint density at radius 2 is 2.04 bits per heavy atom. The summed E-state index contributed by atoms with van der Waals surface area (Å²) >= 11 is 0. The second kappa shape index (κ2) is 7.10. The predicted octanol–water partition coefficient (Wildman–Crippen LogP) is 1.98. The second-order valence-electron chi connectivity index (χ2n) is 6.37. The first kappa shape index (κ1) is 17.7. The Morgan fingerprint density at radius 3 is 2.79 bits per heavy atom. The lowest BCUT2D eigenvalue weighted by molar-refractivity contribution is -0.138. The molecule has 1 atom stereocenters. The van der Waals surface area contributed by atoms with Gasteiger partial charge >= 0.3 is 5.97 Å². The number of carbonyl (C=O) groups excluding carboxylic acids is 1. The van der Waals surface area contributed by atoms with E-state index in [0.29, 0.717) is 16.9 Å². The zero-order valence-electron chi connectivity index (χ0n) is 14.6. The molecule has 0 saturated carbocycles. The van der Waals surface area contributed by atoms with Crippen molar-refractivity contribution >= 4 is 17.6 Å². The fourth-order valence-electron chi connectivity index (χ4n) is 3.18. The van der Waals surface area contributed by atoms with E-state index in [1.165, 1.54) is 17.2 Å². The molecule has 0 spiro atoms. The number of amides is 1. The highest BCUT2D eigenvalue weighted by atomic mass is 16.5. The first-order chi connectivity index (χ1) is 13.5. The Balaban J connectivity index is 1.44. The van der Waals surface area contributed by atoms with Gasteiger partial charge in [-0.05, 0) is 23.8 Å². The van der Waals surface area contributed by atoms with Gasteiger partial charge in [-0.25, -0.2) is 4.98 Å². The molecule has 1 aromatic carbocycles. The molecule has 0 fully saturated rings. The normalized spacial score (nSPS) is 15.4. The lowest BCUT2D eigenvalue weighted by atomic mass is 10.0. The van der Waals surface area contributed by atoms with Crippen molar-refractivity contribution in [1.82, 2.24) is 15.1 Å². The molecule has 0 bridgehead atoms. The molecule has 2 N–H and O–H groups in total. The molecule has 3 aromatic rings. The van der Waals surface area contributed by atoms with Crippen LogP contribution >= 0.6 is 0 Å².